The number of hydrogen-bond acceptors (Lipinski definition) is 8. The minimum absolute atomic E-state index is 0.0710. The van der Waals surface area contributed by atoms with E-state index in [1.165, 1.54) is 17.7 Å². The Morgan fingerprint density at radius 2 is 1.55 bits per heavy atom. The molecule has 0 atom stereocenters. The SMILES string of the molecule is O=S(=O)(c1ccc2c(c1)OCCO2)c1nc(-c2ccc(Cl)cc2)oc1N1CCN(Cc2ccccc2)CC1. The van der Waals surface area contributed by atoms with Gasteiger partial charge in [-0.2, -0.15) is 4.98 Å². The molecule has 0 unspecified atom stereocenters. The molecule has 0 bridgehead atoms. The molecule has 10 heteroatoms. The van der Waals surface area contributed by atoms with E-state index in [1.807, 2.05) is 23.1 Å². The predicted octanol–water partition coefficient (Wildman–Crippen LogP) is 4.92. The topological polar surface area (TPSA) is 85.1 Å². The zero-order valence-electron chi connectivity index (χ0n) is 20.5. The maximum absolute atomic E-state index is 13.9. The first-order chi connectivity index (χ1) is 18.5. The summed E-state index contributed by atoms with van der Waals surface area (Å²) >= 11 is 6.06. The fraction of sp³-hybridized carbons (Fsp3) is 0.250. The maximum Gasteiger partial charge on any atom is 0.236 e. The zero-order chi connectivity index (χ0) is 26.1. The van der Waals surface area contributed by atoms with Crippen LogP contribution in [-0.2, 0) is 16.4 Å². The third-order valence-electron chi connectivity index (χ3n) is 6.66. The number of ether oxygens (including phenoxy) is 2. The molecule has 0 spiro atoms. The van der Waals surface area contributed by atoms with Crippen molar-refractivity contribution in [3.8, 4) is 23.0 Å². The van der Waals surface area contributed by atoms with Crippen LogP contribution in [0, 0.1) is 0 Å². The van der Waals surface area contributed by atoms with Crippen molar-refractivity contribution in [2.45, 2.75) is 16.5 Å². The van der Waals surface area contributed by atoms with Crippen molar-refractivity contribution in [2.75, 3.05) is 44.3 Å². The minimum Gasteiger partial charge on any atom is -0.486 e. The summed E-state index contributed by atoms with van der Waals surface area (Å²) in [6.07, 6.45) is 0. The maximum atomic E-state index is 13.9. The van der Waals surface area contributed by atoms with Gasteiger partial charge in [0.15, 0.2) is 11.5 Å². The summed E-state index contributed by atoms with van der Waals surface area (Å²) < 4.78 is 45.2. The Kier molecular flexibility index (Phi) is 6.73. The molecular formula is C28H26ClN3O5S. The van der Waals surface area contributed by atoms with Crippen molar-refractivity contribution < 1.29 is 22.3 Å². The van der Waals surface area contributed by atoms with Crippen molar-refractivity contribution in [1.82, 2.24) is 9.88 Å². The highest BCUT2D eigenvalue weighted by molar-refractivity contribution is 7.91. The van der Waals surface area contributed by atoms with Gasteiger partial charge in [0.2, 0.25) is 26.6 Å². The zero-order valence-corrected chi connectivity index (χ0v) is 22.1. The number of piperazine rings is 1. The fourth-order valence-electron chi connectivity index (χ4n) is 4.64. The van der Waals surface area contributed by atoms with Gasteiger partial charge < -0.3 is 18.8 Å². The monoisotopic (exact) mass is 551 g/mol. The molecule has 0 radical (unpaired) electrons. The van der Waals surface area contributed by atoms with Gasteiger partial charge in [-0.05, 0) is 42.0 Å². The molecule has 0 amide bonds. The lowest BCUT2D eigenvalue weighted by Crippen LogP contribution is -2.46. The number of hydrogen-bond donors (Lipinski definition) is 0. The van der Waals surface area contributed by atoms with Crippen LogP contribution in [0.5, 0.6) is 11.5 Å². The molecule has 38 heavy (non-hydrogen) atoms. The summed E-state index contributed by atoms with van der Waals surface area (Å²) in [5.74, 6) is 1.38. The van der Waals surface area contributed by atoms with Crippen molar-refractivity contribution in [1.29, 1.82) is 0 Å². The van der Waals surface area contributed by atoms with Crippen LogP contribution in [0.3, 0.4) is 0 Å². The van der Waals surface area contributed by atoms with Gasteiger partial charge in [-0.15, -0.1) is 0 Å². The summed E-state index contributed by atoms with van der Waals surface area (Å²) in [7, 11) is -4.03. The summed E-state index contributed by atoms with van der Waals surface area (Å²) in [4.78, 5) is 8.88. The third kappa shape index (κ3) is 4.97. The van der Waals surface area contributed by atoms with E-state index in [9.17, 15) is 8.42 Å². The molecule has 1 aromatic heterocycles. The minimum atomic E-state index is -4.03. The van der Waals surface area contributed by atoms with E-state index in [2.05, 4.69) is 22.0 Å². The first-order valence-electron chi connectivity index (χ1n) is 12.4. The average Bonchev–Trinajstić information content (AvgIpc) is 3.41. The van der Waals surface area contributed by atoms with Gasteiger partial charge in [-0.3, -0.25) is 4.90 Å². The van der Waals surface area contributed by atoms with E-state index in [1.54, 1.807) is 30.3 Å². The highest BCUT2D eigenvalue weighted by Crippen LogP contribution is 2.38. The quantitative estimate of drug-likeness (QED) is 0.334. The number of nitrogens with zero attached hydrogens (tertiary/aromatic N) is 3. The molecule has 3 aromatic carbocycles. The van der Waals surface area contributed by atoms with Gasteiger partial charge in [-0.25, -0.2) is 8.42 Å². The summed E-state index contributed by atoms with van der Waals surface area (Å²) in [5.41, 5.74) is 1.88. The van der Waals surface area contributed by atoms with Crippen LogP contribution in [0.15, 0.2) is 87.1 Å². The van der Waals surface area contributed by atoms with E-state index in [-0.39, 0.29) is 21.7 Å². The molecule has 4 aromatic rings. The van der Waals surface area contributed by atoms with Crippen LogP contribution in [0.25, 0.3) is 11.5 Å². The second-order valence-corrected chi connectivity index (χ2v) is 11.5. The largest absolute Gasteiger partial charge is 0.486 e. The average molecular weight is 552 g/mol. The van der Waals surface area contributed by atoms with Gasteiger partial charge in [-0.1, -0.05) is 41.9 Å². The Labute approximate surface area is 226 Å². The Balaban J connectivity index is 1.33. The van der Waals surface area contributed by atoms with E-state index in [0.29, 0.717) is 48.4 Å². The molecule has 6 rings (SSSR count). The third-order valence-corrected chi connectivity index (χ3v) is 8.56. The molecule has 0 aliphatic carbocycles. The number of rotatable bonds is 6. The molecule has 3 heterocycles. The summed E-state index contributed by atoms with van der Waals surface area (Å²) in [6, 6.07) is 21.9. The van der Waals surface area contributed by atoms with Gasteiger partial charge in [0.25, 0.3) is 0 Å². The molecule has 8 nitrogen and oxygen atoms in total. The normalized spacial score (nSPS) is 16.0. The van der Waals surface area contributed by atoms with Crippen LogP contribution in [0.1, 0.15) is 5.56 Å². The molecule has 0 saturated carbocycles. The Bertz CT molecular complexity index is 1530. The van der Waals surface area contributed by atoms with Crippen molar-refractivity contribution in [3.63, 3.8) is 0 Å². The highest BCUT2D eigenvalue weighted by atomic mass is 35.5. The Morgan fingerprint density at radius 3 is 2.29 bits per heavy atom. The lowest BCUT2D eigenvalue weighted by molar-refractivity contribution is 0.171. The number of sulfone groups is 1. The molecule has 1 saturated heterocycles. The number of oxazole rings is 1. The first kappa shape index (κ1) is 24.8. The Morgan fingerprint density at radius 1 is 0.842 bits per heavy atom. The lowest BCUT2D eigenvalue weighted by Gasteiger charge is -2.34. The van der Waals surface area contributed by atoms with Crippen molar-refractivity contribution in [3.05, 3.63) is 83.4 Å². The number of benzene rings is 3. The number of anilines is 1. The molecule has 196 valence electrons. The molecular weight excluding hydrogens is 526 g/mol. The van der Waals surface area contributed by atoms with Crippen LogP contribution in [0.2, 0.25) is 5.02 Å². The standard InChI is InChI=1S/C28H26ClN3O5S/c29-22-8-6-21(7-9-22)26-30-27(38(33,34)23-10-11-24-25(18-23)36-17-16-35-24)28(37-26)32-14-12-31(13-15-32)19-20-4-2-1-3-5-20/h1-11,18H,12-17,19H2. The van der Waals surface area contributed by atoms with E-state index < -0.39 is 9.84 Å². The van der Waals surface area contributed by atoms with Crippen LogP contribution in [0.4, 0.5) is 5.88 Å². The lowest BCUT2D eigenvalue weighted by atomic mass is 10.2. The van der Waals surface area contributed by atoms with E-state index in [4.69, 9.17) is 25.5 Å². The van der Waals surface area contributed by atoms with Gasteiger partial charge in [0, 0.05) is 49.4 Å². The number of halogens is 1. The van der Waals surface area contributed by atoms with Crippen molar-refractivity contribution in [2.24, 2.45) is 0 Å². The molecule has 1 fully saturated rings. The van der Waals surface area contributed by atoms with Gasteiger partial charge in [0.05, 0.1) is 4.90 Å². The van der Waals surface area contributed by atoms with Crippen LogP contribution < -0.4 is 14.4 Å². The van der Waals surface area contributed by atoms with Gasteiger partial charge in [0.1, 0.15) is 13.2 Å². The molecule has 2 aliphatic rings. The fourth-order valence-corrected chi connectivity index (χ4v) is 6.10. The first-order valence-corrected chi connectivity index (χ1v) is 14.3. The second-order valence-electron chi connectivity index (χ2n) is 9.19. The van der Waals surface area contributed by atoms with E-state index >= 15 is 0 Å². The van der Waals surface area contributed by atoms with Crippen molar-refractivity contribution >= 4 is 27.3 Å². The van der Waals surface area contributed by atoms with E-state index in [0.717, 1.165) is 19.6 Å². The highest BCUT2D eigenvalue weighted by Gasteiger charge is 2.33. The second kappa shape index (κ2) is 10.3. The summed E-state index contributed by atoms with van der Waals surface area (Å²) in [6.45, 7) is 4.35. The van der Waals surface area contributed by atoms with Gasteiger partial charge >= 0.3 is 0 Å². The molecule has 0 N–H and O–H groups in total. The Hall–Kier alpha value is -3.53. The van der Waals surface area contributed by atoms with Crippen LogP contribution in [-0.4, -0.2) is 57.7 Å². The predicted molar refractivity (Wildman–Crippen MR) is 144 cm³/mol. The summed E-state index contributed by atoms with van der Waals surface area (Å²) in [5, 5.41) is 0.454. The number of fused-ring (bicyclic) bond motifs is 1. The van der Waals surface area contributed by atoms with Crippen LogP contribution >= 0.6 is 11.6 Å². The molecule has 2 aliphatic heterocycles. The smallest absolute Gasteiger partial charge is 0.236 e. The number of aromatic nitrogens is 1.